The van der Waals surface area contributed by atoms with Crippen LogP contribution in [-0.2, 0) is 4.74 Å². The van der Waals surface area contributed by atoms with Crippen molar-refractivity contribution in [3.8, 4) is 0 Å². The molecule has 0 bridgehead atoms. The summed E-state index contributed by atoms with van der Waals surface area (Å²) >= 11 is 5.96. The number of aromatic nitrogens is 3. The van der Waals surface area contributed by atoms with E-state index in [1.54, 1.807) is 23.2 Å². The molecule has 0 radical (unpaired) electrons. The predicted octanol–water partition coefficient (Wildman–Crippen LogP) is 3.51. The van der Waals surface area contributed by atoms with Crippen LogP contribution in [-0.4, -0.2) is 56.7 Å². The highest BCUT2D eigenvalue weighted by atomic mass is 35.5. The number of carbonyl (C=O) groups is 1. The van der Waals surface area contributed by atoms with Gasteiger partial charge in [-0.1, -0.05) is 11.6 Å². The molecule has 2 atom stereocenters. The number of halogens is 1. The van der Waals surface area contributed by atoms with Crippen molar-refractivity contribution in [2.75, 3.05) is 18.0 Å². The molecule has 0 spiro atoms. The van der Waals surface area contributed by atoms with Gasteiger partial charge in [-0.25, -0.2) is 19.7 Å². The summed E-state index contributed by atoms with van der Waals surface area (Å²) in [5.41, 5.74) is 0.708. The highest BCUT2D eigenvalue weighted by molar-refractivity contribution is 6.29. The number of pyridine rings is 1. The first-order valence-corrected chi connectivity index (χ1v) is 9.07. The molecule has 8 heteroatoms. The minimum atomic E-state index is -0.511. The molecule has 7 nitrogen and oxygen atoms in total. The molecule has 3 heterocycles. The molecule has 1 aliphatic heterocycles. The Morgan fingerprint density at radius 2 is 1.85 bits per heavy atom. The van der Waals surface area contributed by atoms with Gasteiger partial charge in [0.25, 0.3) is 0 Å². The lowest BCUT2D eigenvalue weighted by Gasteiger charge is -2.44. The van der Waals surface area contributed by atoms with Crippen molar-refractivity contribution < 1.29 is 9.53 Å². The minimum Gasteiger partial charge on any atom is -0.444 e. The smallest absolute Gasteiger partial charge is 0.410 e. The standard InChI is InChI=1S/C18H24ClN5O2/c1-11-9-23(10-12(2)24(11)17(25)26-18(3,4)5)15-8-20-13-6-7-14(19)21-16(13)22-15/h6-8,11-12H,9-10H2,1-5H3. The van der Waals surface area contributed by atoms with E-state index in [0.29, 0.717) is 29.4 Å². The Bertz CT molecular complexity index is 811. The molecule has 0 aliphatic carbocycles. The zero-order chi connectivity index (χ0) is 19.1. The van der Waals surface area contributed by atoms with Crippen LogP contribution in [0.1, 0.15) is 34.6 Å². The average Bonchev–Trinajstić information content (AvgIpc) is 2.51. The lowest BCUT2D eigenvalue weighted by atomic mass is 10.1. The maximum atomic E-state index is 12.5. The van der Waals surface area contributed by atoms with Crippen molar-refractivity contribution in [2.45, 2.75) is 52.3 Å². The molecule has 0 saturated carbocycles. The van der Waals surface area contributed by atoms with Crippen molar-refractivity contribution in [3.63, 3.8) is 0 Å². The van der Waals surface area contributed by atoms with E-state index in [0.717, 1.165) is 5.82 Å². The van der Waals surface area contributed by atoms with Crippen molar-refractivity contribution in [1.29, 1.82) is 0 Å². The van der Waals surface area contributed by atoms with Crippen molar-refractivity contribution in [3.05, 3.63) is 23.5 Å². The third-order valence-corrected chi connectivity index (χ3v) is 4.42. The van der Waals surface area contributed by atoms with E-state index in [9.17, 15) is 4.79 Å². The predicted molar refractivity (Wildman–Crippen MR) is 102 cm³/mol. The maximum absolute atomic E-state index is 12.5. The summed E-state index contributed by atoms with van der Waals surface area (Å²) < 4.78 is 5.55. The summed E-state index contributed by atoms with van der Waals surface area (Å²) in [7, 11) is 0. The summed E-state index contributed by atoms with van der Waals surface area (Å²) in [6.45, 7) is 10.9. The van der Waals surface area contributed by atoms with Crippen LogP contribution in [0.25, 0.3) is 11.2 Å². The Morgan fingerprint density at radius 1 is 1.19 bits per heavy atom. The lowest BCUT2D eigenvalue weighted by molar-refractivity contribution is 0.00560. The fourth-order valence-electron chi connectivity index (χ4n) is 3.20. The number of carbonyl (C=O) groups excluding carboxylic acids is 1. The quantitative estimate of drug-likeness (QED) is 0.708. The Hall–Kier alpha value is -2.15. The molecule has 2 aromatic rings. The number of nitrogens with zero attached hydrogens (tertiary/aromatic N) is 5. The molecule has 2 aromatic heterocycles. The highest BCUT2D eigenvalue weighted by Crippen LogP contribution is 2.24. The molecule has 26 heavy (non-hydrogen) atoms. The van der Waals surface area contributed by atoms with Crippen molar-refractivity contribution in [1.82, 2.24) is 19.9 Å². The van der Waals surface area contributed by atoms with Crippen LogP contribution in [0.15, 0.2) is 18.3 Å². The Balaban J connectivity index is 1.79. The normalized spacial score (nSPS) is 21.2. The molecule has 140 valence electrons. The van der Waals surface area contributed by atoms with Crippen molar-refractivity contribution in [2.24, 2.45) is 0 Å². The van der Waals surface area contributed by atoms with Gasteiger partial charge in [-0.05, 0) is 46.8 Å². The van der Waals surface area contributed by atoms with Gasteiger partial charge >= 0.3 is 6.09 Å². The molecular weight excluding hydrogens is 354 g/mol. The van der Waals surface area contributed by atoms with E-state index in [1.807, 2.05) is 34.6 Å². The number of hydrogen-bond donors (Lipinski definition) is 0. The second-order valence-corrected chi connectivity index (χ2v) is 8.08. The topological polar surface area (TPSA) is 71.5 Å². The fraction of sp³-hybridized carbons (Fsp3) is 0.556. The second-order valence-electron chi connectivity index (χ2n) is 7.70. The molecule has 1 amide bonds. The maximum Gasteiger partial charge on any atom is 0.410 e. The Kier molecular flexibility index (Phi) is 4.92. The molecule has 1 saturated heterocycles. The SMILES string of the molecule is CC1CN(c2cnc3ccc(Cl)nc3n2)CC(C)N1C(=O)OC(C)(C)C. The molecular formula is C18H24ClN5O2. The summed E-state index contributed by atoms with van der Waals surface area (Å²) in [6, 6.07) is 3.46. The molecule has 0 aromatic carbocycles. The summed E-state index contributed by atoms with van der Waals surface area (Å²) in [5.74, 6) is 0.731. The van der Waals surface area contributed by atoms with Crippen LogP contribution in [0.5, 0.6) is 0 Å². The van der Waals surface area contributed by atoms with Crippen molar-refractivity contribution >= 4 is 34.7 Å². The highest BCUT2D eigenvalue weighted by Gasteiger charge is 2.36. The number of hydrogen-bond acceptors (Lipinski definition) is 6. The zero-order valence-electron chi connectivity index (χ0n) is 15.7. The fourth-order valence-corrected chi connectivity index (χ4v) is 3.35. The first kappa shape index (κ1) is 18.6. The van der Waals surface area contributed by atoms with Crippen LogP contribution in [0.3, 0.4) is 0 Å². The number of piperazine rings is 1. The van der Waals surface area contributed by atoms with Crippen LogP contribution < -0.4 is 4.90 Å². The Labute approximate surface area is 158 Å². The Morgan fingerprint density at radius 3 is 2.46 bits per heavy atom. The first-order chi connectivity index (χ1) is 12.1. The molecule has 1 aliphatic rings. The number of ether oxygens (including phenoxy) is 1. The van der Waals surface area contributed by atoms with Gasteiger partial charge in [-0.15, -0.1) is 0 Å². The van der Waals surface area contributed by atoms with Gasteiger partial charge in [-0.3, -0.25) is 4.90 Å². The van der Waals surface area contributed by atoms with E-state index in [2.05, 4.69) is 19.9 Å². The zero-order valence-corrected chi connectivity index (χ0v) is 16.5. The van der Waals surface area contributed by atoms with Crippen LogP contribution in [0.4, 0.5) is 10.6 Å². The summed E-state index contributed by atoms with van der Waals surface area (Å²) in [6.07, 6.45) is 1.45. The molecule has 0 N–H and O–H groups in total. The van der Waals surface area contributed by atoms with E-state index in [1.165, 1.54) is 0 Å². The summed E-state index contributed by atoms with van der Waals surface area (Å²) in [5, 5.41) is 0.389. The number of rotatable bonds is 1. The summed E-state index contributed by atoms with van der Waals surface area (Å²) in [4.78, 5) is 29.7. The van der Waals surface area contributed by atoms with Gasteiger partial charge in [0, 0.05) is 13.1 Å². The lowest BCUT2D eigenvalue weighted by Crippen LogP contribution is -2.59. The van der Waals surface area contributed by atoms with Gasteiger partial charge < -0.3 is 9.64 Å². The van der Waals surface area contributed by atoms with Gasteiger partial charge in [0.15, 0.2) is 5.65 Å². The number of amides is 1. The monoisotopic (exact) mass is 377 g/mol. The third-order valence-electron chi connectivity index (χ3n) is 4.21. The van der Waals surface area contributed by atoms with Gasteiger partial charge in [0.1, 0.15) is 22.1 Å². The van der Waals surface area contributed by atoms with Gasteiger partial charge in [0.2, 0.25) is 0 Å². The number of fused-ring (bicyclic) bond motifs is 1. The molecule has 1 fully saturated rings. The molecule has 3 rings (SSSR count). The van der Waals surface area contributed by atoms with E-state index in [-0.39, 0.29) is 18.2 Å². The van der Waals surface area contributed by atoms with E-state index < -0.39 is 5.60 Å². The van der Waals surface area contributed by atoms with E-state index in [4.69, 9.17) is 16.3 Å². The first-order valence-electron chi connectivity index (χ1n) is 8.69. The minimum absolute atomic E-state index is 0.0154. The molecule has 2 unspecified atom stereocenters. The number of anilines is 1. The van der Waals surface area contributed by atoms with Crippen LogP contribution in [0.2, 0.25) is 5.15 Å². The largest absolute Gasteiger partial charge is 0.444 e. The van der Waals surface area contributed by atoms with Crippen LogP contribution >= 0.6 is 11.6 Å². The van der Waals surface area contributed by atoms with Crippen LogP contribution in [0, 0.1) is 0 Å². The third kappa shape index (κ3) is 3.98. The van der Waals surface area contributed by atoms with Gasteiger partial charge in [-0.2, -0.15) is 0 Å². The van der Waals surface area contributed by atoms with Gasteiger partial charge in [0.05, 0.1) is 18.3 Å². The van der Waals surface area contributed by atoms with E-state index >= 15 is 0 Å². The second kappa shape index (κ2) is 6.87. The average molecular weight is 378 g/mol.